The van der Waals surface area contributed by atoms with Gasteiger partial charge in [-0.2, -0.15) is 0 Å². The maximum atomic E-state index is 12.6. The molecule has 7 heteroatoms. The van der Waals surface area contributed by atoms with E-state index in [1.54, 1.807) is 18.3 Å². The molecule has 0 unspecified atom stereocenters. The van der Waals surface area contributed by atoms with Gasteiger partial charge in [-0.15, -0.1) is 0 Å². The number of hydrogen-bond donors (Lipinski definition) is 0. The van der Waals surface area contributed by atoms with Crippen LogP contribution in [0.4, 0.5) is 0 Å². The second kappa shape index (κ2) is 34.7. The largest absolute Gasteiger partial charge is 0.462 e. The first-order chi connectivity index (χ1) is 24.6. The Hall–Kier alpha value is -2.70. The number of allylic oxidation sites excluding steroid dienone is 2. The maximum absolute atomic E-state index is 12.6. The zero-order valence-corrected chi connectivity index (χ0v) is 32.2. The van der Waals surface area contributed by atoms with E-state index in [1.807, 2.05) is 0 Å². The monoisotopic (exact) mass is 700 g/mol. The van der Waals surface area contributed by atoms with Crippen molar-refractivity contribution in [3.8, 4) is 0 Å². The summed E-state index contributed by atoms with van der Waals surface area (Å²) in [5.74, 6) is -1.24. The Morgan fingerprint density at radius 1 is 0.580 bits per heavy atom. The zero-order chi connectivity index (χ0) is 36.2. The van der Waals surface area contributed by atoms with E-state index in [2.05, 4.69) is 31.0 Å². The number of nitrogens with zero attached hydrogens (tertiary/aromatic N) is 1. The van der Waals surface area contributed by atoms with Gasteiger partial charge in [-0.1, -0.05) is 154 Å². The molecule has 0 aromatic carbocycles. The van der Waals surface area contributed by atoms with Gasteiger partial charge < -0.3 is 14.2 Å². The van der Waals surface area contributed by atoms with Crippen LogP contribution in [0.25, 0.3) is 0 Å². The first-order valence-electron chi connectivity index (χ1n) is 20.6. The second-order valence-electron chi connectivity index (χ2n) is 14.0. The Bertz CT molecular complexity index is 965. The first kappa shape index (κ1) is 45.3. The van der Waals surface area contributed by atoms with Crippen molar-refractivity contribution < 1.29 is 28.6 Å². The summed E-state index contributed by atoms with van der Waals surface area (Å²) in [6, 6.07) is 3.26. The molecule has 1 heterocycles. The molecule has 0 saturated heterocycles. The van der Waals surface area contributed by atoms with Crippen molar-refractivity contribution in [1.82, 2.24) is 4.98 Å². The number of carbonyl (C=O) groups is 3. The van der Waals surface area contributed by atoms with Crippen LogP contribution in [-0.2, 0) is 23.8 Å². The average Bonchev–Trinajstić information content (AvgIpc) is 3.13. The van der Waals surface area contributed by atoms with E-state index in [4.69, 9.17) is 14.2 Å². The summed E-state index contributed by atoms with van der Waals surface area (Å²) in [6.07, 6.45) is 39.1. The number of aromatic nitrogens is 1. The lowest BCUT2D eigenvalue weighted by molar-refractivity contribution is -0.161. The lowest BCUT2D eigenvalue weighted by atomic mass is 10.0. The Morgan fingerprint density at radius 3 is 1.50 bits per heavy atom. The van der Waals surface area contributed by atoms with Gasteiger partial charge in [0.25, 0.3) is 0 Å². The minimum Gasteiger partial charge on any atom is -0.462 e. The fraction of sp³-hybridized carbons (Fsp3) is 0.767. The molecule has 50 heavy (non-hydrogen) atoms. The predicted octanol–water partition coefficient (Wildman–Crippen LogP) is 12.2. The molecule has 0 saturated carbocycles. The van der Waals surface area contributed by atoms with Crippen LogP contribution in [0.15, 0.2) is 36.7 Å². The highest BCUT2D eigenvalue weighted by Gasteiger charge is 2.20. The SMILES string of the molecule is CCCCCCCC/C=C\CCCCCCCC(=O)O[C@@H](COC(=O)CCCCCCCCCCCCCCC)COC(=O)c1cccnc1. The average molecular weight is 700 g/mol. The van der Waals surface area contributed by atoms with Crippen molar-refractivity contribution in [2.24, 2.45) is 0 Å². The number of carbonyl (C=O) groups excluding carboxylic acids is 3. The molecular weight excluding hydrogens is 626 g/mol. The van der Waals surface area contributed by atoms with Gasteiger partial charge >= 0.3 is 17.9 Å². The molecule has 0 N–H and O–H groups in total. The molecule has 0 fully saturated rings. The van der Waals surface area contributed by atoms with E-state index in [0.29, 0.717) is 12.0 Å². The minimum atomic E-state index is -0.846. The third-order valence-electron chi connectivity index (χ3n) is 9.15. The van der Waals surface area contributed by atoms with Crippen LogP contribution in [-0.4, -0.2) is 42.2 Å². The van der Waals surface area contributed by atoms with Crippen molar-refractivity contribution in [2.45, 2.75) is 200 Å². The number of esters is 3. The highest BCUT2D eigenvalue weighted by atomic mass is 16.6. The van der Waals surface area contributed by atoms with Crippen molar-refractivity contribution in [1.29, 1.82) is 0 Å². The summed E-state index contributed by atoms with van der Waals surface area (Å²) in [4.78, 5) is 41.5. The summed E-state index contributed by atoms with van der Waals surface area (Å²) in [5, 5.41) is 0. The molecule has 7 nitrogen and oxygen atoms in total. The topological polar surface area (TPSA) is 91.8 Å². The maximum Gasteiger partial charge on any atom is 0.339 e. The van der Waals surface area contributed by atoms with Crippen molar-refractivity contribution >= 4 is 17.9 Å². The summed E-state index contributed by atoms with van der Waals surface area (Å²) < 4.78 is 16.5. The fourth-order valence-corrected chi connectivity index (χ4v) is 5.98. The molecule has 0 bridgehead atoms. The Balaban J connectivity index is 2.23. The highest BCUT2D eigenvalue weighted by Crippen LogP contribution is 2.14. The lowest BCUT2D eigenvalue weighted by Crippen LogP contribution is -2.31. The summed E-state index contributed by atoms with van der Waals surface area (Å²) in [5.41, 5.74) is 0.310. The van der Waals surface area contributed by atoms with E-state index in [0.717, 1.165) is 51.4 Å². The van der Waals surface area contributed by atoms with Gasteiger partial charge in [0.1, 0.15) is 13.2 Å². The van der Waals surface area contributed by atoms with Gasteiger partial charge in [0.15, 0.2) is 6.10 Å². The molecule has 0 radical (unpaired) electrons. The number of unbranched alkanes of at least 4 members (excludes halogenated alkanes) is 23. The molecule has 286 valence electrons. The van der Waals surface area contributed by atoms with Crippen LogP contribution in [0.3, 0.4) is 0 Å². The molecule has 1 aromatic heterocycles. The van der Waals surface area contributed by atoms with E-state index >= 15 is 0 Å². The Labute approximate surface area is 306 Å². The first-order valence-corrected chi connectivity index (χ1v) is 20.6. The van der Waals surface area contributed by atoms with Gasteiger partial charge in [-0.05, 0) is 50.7 Å². The standard InChI is InChI=1S/C43H73NO6/c1-3-5-7-9-11-13-15-17-18-20-22-24-26-28-30-34-42(46)50-40(38-49-43(47)39-32-31-35-44-36-39)37-48-41(45)33-29-27-25-23-21-19-16-14-12-10-8-6-4-2/h17-18,31-32,35-36,40H,3-16,19-30,33-34,37-38H2,1-2H3/b18-17-/t40-/m0/s1. The van der Waals surface area contributed by atoms with Gasteiger partial charge in [0, 0.05) is 25.2 Å². The van der Waals surface area contributed by atoms with Crippen LogP contribution in [0.2, 0.25) is 0 Å². The minimum absolute atomic E-state index is 0.129. The van der Waals surface area contributed by atoms with Crippen LogP contribution >= 0.6 is 0 Å². The molecular formula is C43H73NO6. The number of rotatable bonds is 35. The van der Waals surface area contributed by atoms with Gasteiger partial charge in [-0.25, -0.2) is 4.79 Å². The smallest absolute Gasteiger partial charge is 0.339 e. The number of hydrogen-bond acceptors (Lipinski definition) is 7. The summed E-state index contributed by atoms with van der Waals surface area (Å²) >= 11 is 0. The second-order valence-corrected chi connectivity index (χ2v) is 14.0. The van der Waals surface area contributed by atoms with E-state index in [1.165, 1.54) is 122 Å². The predicted molar refractivity (Wildman–Crippen MR) is 205 cm³/mol. The van der Waals surface area contributed by atoms with Crippen molar-refractivity contribution in [3.05, 3.63) is 42.2 Å². The molecule has 0 aliphatic rings. The van der Waals surface area contributed by atoms with Crippen molar-refractivity contribution in [2.75, 3.05) is 13.2 Å². The van der Waals surface area contributed by atoms with E-state index in [9.17, 15) is 14.4 Å². The molecule has 0 spiro atoms. The molecule has 1 aromatic rings. The van der Waals surface area contributed by atoms with Crippen LogP contribution in [0, 0.1) is 0 Å². The highest BCUT2D eigenvalue weighted by molar-refractivity contribution is 5.88. The summed E-state index contributed by atoms with van der Waals surface area (Å²) in [6.45, 7) is 4.20. The van der Waals surface area contributed by atoms with Gasteiger partial charge in [0.2, 0.25) is 0 Å². The molecule has 0 aliphatic heterocycles. The molecule has 0 aliphatic carbocycles. The zero-order valence-electron chi connectivity index (χ0n) is 32.2. The normalized spacial score (nSPS) is 11.9. The molecule has 0 amide bonds. The van der Waals surface area contributed by atoms with E-state index < -0.39 is 12.1 Å². The fourth-order valence-electron chi connectivity index (χ4n) is 5.98. The number of ether oxygens (including phenoxy) is 3. The quantitative estimate of drug-likeness (QED) is 0.0301. The lowest BCUT2D eigenvalue weighted by Gasteiger charge is -2.18. The molecule has 1 rings (SSSR count). The van der Waals surface area contributed by atoms with E-state index in [-0.39, 0.29) is 31.6 Å². The third kappa shape index (κ3) is 29.1. The number of pyridine rings is 1. The third-order valence-corrected chi connectivity index (χ3v) is 9.15. The molecule has 1 atom stereocenters. The van der Waals surface area contributed by atoms with Crippen LogP contribution < -0.4 is 0 Å². The Morgan fingerprint density at radius 2 is 1.02 bits per heavy atom. The van der Waals surface area contributed by atoms with Crippen LogP contribution in [0.5, 0.6) is 0 Å². The van der Waals surface area contributed by atoms with Gasteiger partial charge in [0.05, 0.1) is 5.56 Å². The van der Waals surface area contributed by atoms with Crippen molar-refractivity contribution in [3.63, 3.8) is 0 Å². The van der Waals surface area contributed by atoms with Crippen LogP contribution in [0.1, 0.15) is 204 Å². The summed E-state index contributed by atoms with van der Waals surface area (Å²) in [7, 11) is 0. The van der Waals surface area contributed by atoms with Gasteiger partial charge in [-0.3, -0.25) is 14.6 Å². The Kier molecular flexibility index (Phi) is 31.5.